The molecule has 0 radical (unpaired) electrons. The minimum Gasteiger partial charge on any atom is -0.496 e. The van der Waals surface area contributed by atoms with E-state index in [1.165, 1.54) is 19.2 Å². The summed E-state index contributed by atoms with van der Waals surface area (Å²) >= 11 is 2.17. The van der Waals surface area contributed by atoms with Gasteiger partial charge in [0.1, 0.15) is 11.5 Å². The smallest absolute Gasteiger partial charge is 0.315 e. The van der Waals surface area contributed by atoms with E-state index in [2.05, 4.69) is 22.6 Å². The van der Waals surface area contributed by atoms with Crippen molar-refractivity contribution in [2.45, 2.75) is 0 Å². The van der Waals surface area contributed by atoms with Gasteiger partial charge in [-0.25, -0.2) is 0 Å². The third kappa shape index (κ3) is 3.34. The van der Waals surface area contributed by atoms with Crippen LogP contribution in [-0.4, -0.2) is 12.0 Å². The number of nitrogens with zero attached hydrogens (tertiary/aromatic N) is 1. The molecule has 98 valence electrons. The molecule has 6 heteroatoms. The fraction of sp³-hybridized carbons (Fsp3) is 0.0769. The van der Waals surface area contributed by atoms with Crippen LogP contribution in [0.5, 0.6) is 17.2 Å². The van der Waals surface area contributed by atoms with Crippen molar-refractivity contribution in [3.05, 3.63) is 56.1 Å². The lowest BCUT2D eigenvalue weighted by Gasteiger charge is -2.07. The van der Waals surface area contributed by atoms with Gasteiger partial charge >= 0.3 is 5.69 Å². The lowest BCUT2D eigenvalue weighted by atomic mass is 10.2. The molecule has 2 aromatic rings. The molecule has 0 amide bonds. The highest BCUT2D eigenvalue weighted by Crippen LogP contribution is 2.34. The summed E-state index contributed by atoms with van der Waals surface area (Å²) in [5.74, 6) is 1.15. The topological polar surface area (TPSA) is 61.6 Å². The number of benzene rings is 2. The van der Waals surface area contributed by atoms with E-state index in [0.717, 1.165) is 3.57 Å². The van der Waals surface area contributed by atoms with Gasteiger partial charge in [-0.1, -0.05) is 0 Å². The van der Waals surface area contributed by atoms with Crippen molar-refractivity contribution in [1.29, 1.82) is 0 Å². The maximum Gasteiger partial charge on any atom is 0.315 e. The number of rotatable bonds is 4. The highest BCUT2D eigenvalue weighted by atomic mass is 127. The van der Waals surface area contributed by atoms with Crippen molar-refractivity contribution in [2.75, 3.05) is 7.11 Å². The number of ether oxygens (including phenoxy) is 2. The van der Waals surface area contributed by atoms with Gasteiger partial charge in [-0.05, 0) is 59.0 Å². The number of hydrogen-bond acceptors (Lipinski definition) is 4. The van der Waals surface area contributed by atoms with Gasteiger partial charge in [0.15, 0.2) is 0 Å². The van der Waals surface area contributed by atoms with Gasteiger partial charge in [0.2, 0.25) is 5.75 Å². The van der Waals surface area contributed by atoms with Crippen LogP contribution in [0.15, 0.2) is 42.5 Å². The Labute approximate surface area is 123 Å². The molecule has 0 aromatic heterocycles. The van der Waals surface area contributed by atoms with Crippen LogP contribution in [0.2, 0.25) is 0 Å². The highest BCUT2D eigenvalue weighted by molar-refractivity contribution is 14.1. The van der Waals surface area contributed by atoms with E-state index in [1.54, 1.807) is 18.2 Å². The lowest BCUT2D eigenvalue weighted by molar-refractivity contribution is -0.385. The molecule has 2 rings (SSSR count). The summed E-state index contributed by atoms with van der Waals surface area (Å²) < 4.78 is 11.6. The second-order valence-corrected chi connectivity index (χ2v) is 4.89. The molecule has 2 aromatic carbocycles. The Kier molecular flexibility index (Phi) is 4.20. The zero-order valence-corrected chi connectivity index (χ0v) is 12.2. The summed E-state index contributed by atoms with van der Waals surface area (Å²) in [6.45, 7) is 0. The monoisotopic (exact) mass is 371 g/mol. The quantitative estimate of drug-likeness (QED) is 0.463. The van der Waals surface area contributed by atoms with Gasteiger partial charge in [0, 0.05) is 3.57 Å². The summed E-state index contributed by atoms with van der Waals surface area (Å²) in [5.41, 5.74) is -0.127. The normalized spacial score (nSPS) is 10.0. The minimum atomic E-state index is -0.495. The molecule has 0 atom stereocenters. The summed E-state index contributed by atoms with van der Waals surface area (Å²) in [7, 11) is 1.46. The average Bonchev–Trinajstić information content (AvgIpc) is 2.41. The molecule has 5 nitrogen and oxygen atoms in total. The van der Waals surface area contributed by atoms with E-state index in [0.29, 0.717) is 11.5 Å². The number of halogens is 1. The third-order valence-corrected chi connectivity index (χ3v) is 3.12. The summed E-state index contributed by atoms with van der Waals surface area (Å²) in [4.78, 5) is 10.5. The van der Waals surface area contributed by atoms with Crippen LogP contribution >= 0.6 is 22.6 Å². The highest BCUT2D eigenvalue weighted by Gasteiger charge is 2.17. The minimum absolute atomic E-state index is 0.127. The molecule has 0 fully saturated rings. The van der Waals surface area contributed by atoms with Crippen molar-refractivity contribution in [3.8, 4) is 17.2 Å². The Hall–Kier alpha value is -1.83. The predicted molar refractivity (Wildman–Crippen MR) is 78.9 cm³/mol. The van der Waals surface area contributed by atoms with Crippen LogP contribution in [0.4, 0.5) is 5.69 Å². The molecule has 0 aliphatic rings. The maximum atomic E-state index is 11.0. The Morgan fingerprint density at radius 3 is 2.32 bits per heavy atom. The van der Waals surface area contributed by atoms with Crippen LogP contribution in [0.25, 0.3) is 0 Å². The number of nitro groups is 1. The second-order valence-electron chi connectivity index (χ2n) is 3.65. The molecule has 0 heterocycles. The predicted octanol–water partition coefficient (Wildman–Crippen LogP) is 4.00. The van der Waals surface area contributed by atoms with E-state index in [9.17, 15) is 10.1 Å². The zero-order chi connectivity index (χ0) is 13.8. The van der Waals surface area contributed by atoms with Crippen LogP contribution in [-0.2, 0) is 0 Å². The molecule has 0 bridgehead atoms. The molecule has 0 N–H and O–H groups in total. The molecular weight excluding hydrogens is 361 g/mol. The average molecular weight is 371 g/mol. The molecule has 19 heavy (non-hydrogen) atoms. The molecular formula is C13H10INO4. The number of methoxy groups -OCH3 is 1. The standard InChI is InChI=1S/C13H10INO4/c1-18-11-6-7-13(12(8-11)15(16)17)19-10-4-2-9(14)3-5-10/h2-8H,1H3. The number of hydrogen-bond donors (Lipinski definition) is 0. The Morgan fingerprint density at radius 2 is 1.74 bits per heavy atom. The number of nitro benzene ring substituents is 1. The SMILES string of the molecule is COc1ccc(Oc2ccc(I)cc2)c([N+](=O)[O-])c1. The van der Waals surface area contributed by atoms with Gasteiger partial charge in [-0.3, -0.25) is 10.1 Å². The molecule has 0 saturated carbocycles. The van der Waals surface area contributed by atoms with Gasteiger partial charge in [-0.15, -0.1) is 0 Å². The molecule has 0 saturated heterocycles. The van der Waals surface area contributed by atoms with Gasteiger partial charge < -0.3 is 9.47 Å². The Morgan fingerprint density at radius 1 is 1.11 bits per heavy atom. The second kappa shape index (κ2) is 5.87. The van der Waals surface area contributed by atoms with Crippen molar-refractivity contribution in [3.63, 3.8) is 0 Å². The Bertz CT molecular complexity index is 598. The fourth-order valence-corrected chi connectivity index (χ4v) is 1.84. The zero-order valence-electron chi connectivity index (χ0n) is 10.00. The van der Waals surface area contributed by atoms with Gasteiger partial charge in [0.05, 0.1) is 18.1 Å². The van der Waals surface area contributed by atoms with Crippen molar-refractivity contribution < 1.29 is 14.4 Å². The first-order valence-electron chi connectivity index (χ1n) is 5.36. The molecule has 0 aliphatic heterocycles. The first kappa shape index (κ1) is 13.6. The maximum absolute atomic E-state index is 11.0. The van der Waals surface area contributed by atoms with E-state index >= 15 is 0 Å². The van der Waals surface area contributed by atoms with Crippen LogP contribution in [0, 0.1) is 13.7 Å². The van der Waals surface area contributed by atoms with Crippen LogP contribution < -0.4 is 9.47 Å². The van der Waals surface area contributed by atoms with Crippen LogP contribution in [0.1, 0.15) is 0 Å². The summed E-state index contributed by atoms with van der Waals surface area (Å²) in [6, 6.07) is 11.7. The van der Waals surface area contributed by atoms with E-state index in [1.807, 2.05) is 12.1 Å². The van der Waals surface area contributed by atoms with E-state index in [4.69, 9.17) is 9.47 Å². The first-order chi connectivity index (χ1) is 9.10. The van der Waals surface area contributed by atoms with Crippen molar-refractivity contribution >= 4 is 28.3 Å². The Balaban J connectivity index is 2.33. The summed E-state index contributed by atoms with van der Waals surface area (Å²) in [6.07, 6.45) is 0. The van der Waals surface area contributed by atoms with E-state index in [-0.39, 0.29) is 11.4 Å². The fourth-order valence-electron chi connectivity index (χ4n) is 1.48. The van der Waals surface area contributed by atoms with Crippen molar-refractivity contribution in [1.82, 2.24) is 0 Å². The van der Waals surface area contributed by atoms with Crippen LogP contribution in [0.3, 0.4) is 0 Å². The van der Waals surface area contributed by atoms with E-state index < -0.39 is 4.92 Å². The van der Waals surface area contributed by atoms with Crippen molar-refractivity contribution in [2.24, 2.45) is 0 Å². The van der Waals surface area contributed by atoms with Gasteiger partial charge in [0.25, 0.3) is 0 Å². The largest absolute Gasteiger partial charge is 0.496 e. The summed E-state index contributed by atoms with van der Waals surface area (Å²) in [5, 5.41) is 11.0. The molecule has 0 unspecified atom stereocenters. The van der Waals surface area contributed by atoms with Gasteiger partial charge in [-0.2, -0.15) is 0 Å². The third-order valence-electron chi connectivity index (χ3n) is 2.40. The first-order valence-corrected chi connectivity index (χ1v) is 6.44. The molecule has 0 aliphatic carbocycles. The molecule has 0 spiro atoms. The lowest BCUT2D eigenvalue weighted by Crippen LogP contribution is -1.94.